The molecule has 0 unspecified atom stereocenters. The van der Waals surface area contributed by atoms with Gasteiger partial charge < -0.3 is 14.7 Å². The molecule has 1 radical (unpaired) electrons. The van der Waals surface area contributed by atoms with Crippen molar-refractivity contribution in [3.63, 3.8) is 0 Å². The van der Waals surface area contributed by atoms with Crippen molar-refractivity contribution in [2.45, 2.75) is 0 Å². The summed E-state index contributed by atoms with van der Waals surface area (Å²) in [5.74, 6) is 0. The Kier molecular flexibility index (Phi) is 21.9. The van der Waals surface area contributed by atoms with Crippen molar-refractivity contribution in [3.8, 4) is 0 Å². The van der Waals surface area contributed by atoms with Gasteiger partial charge in [0.1, 0.15) is 0 Å². The summed E-state index contributed by atoms with van der Waals surface area (Å²) in [5.41, 5.74) is 4.81. The molecule has 0 amide bonds. The van der Waals surface area contributed by atoms with Gasteiger partial charge in [-0.1, -0.05) is 0 Å². The van der Waals surface area contributed by atoms with Crippen molar-refractivity contribution < 1.29 is 98.2 Å². The number of phosphoric acid groups is 1. The van der Waals surface area contributed by atoms with E-state index in [1.807, 2.05) is 0 Å². The third-order valence-electron chi connectivity index (χ3n) is 0. The predicted molar refractivity (Wildman–Crippen MR) is 20.1 cm³/mol. The van der Waals surface area contributed by atoms with Crippen molar-refractivity contribution in [1.82, 2.24) is 0 Å². The zero-order valence-corrected chi connectivity index (χ0v) is 12.8. The Morgan fingerprint density at radius 3 is 1.25 bits per heavy atom. The number of hydrogen-bond acceptors (Lipinski definition) is 1. The van der Waals surface area contributed by atoms with Crippen LogP contribution in [0.3, 0.4) is 0 Å². The molecule has 4 nitrogen and oxygen atoms in total. The minimum Gasteiger partial charge on any atom is 0 e. The molecule has 0 aliphatic heterocycles. The van der Waals surface area contributed by atoms with E-state index in [4.69, 9.17) is 25.0 Å². The Balaban J connectivity index is -0.0000000750. The average Bonchev–Trinajstić information content (AvgIpc) is 1.36. The van der Waals surface area contributed by atoms with Gasteiger partial charge in [-0.3, -0.25) is 0 Å². The number of hydrogen-bond donors (Lipinski definition) is 3. The smallest absolute Gasteiger partial charge is 0 e. The number of halogens is 1. The first-order chi connectivity index (χ1) is 3.00. The summed E-state index contributed by atoms with van der Waals surface area (Å²) < 4.78 is 8.88. The maximum absolute atomic E-state index is 8.88. The summed E-state index contributed by atoms with van der Waals surface area (Å²) in [6.07, 6.45) is 0. The predicted octanol–water partition coefficient (Wildman–Crippen LogP) is -0.239. The summed E-state index contributed by atoms with van der Waals surface area (Å²) >= 11 is 0.639. The van der Waals surface area contributed by atoms with Crippen LogP contribution in [0.15, 0.2) is 0 Å². The van der Waals surface area contributed by atoms with E-state index < -0.39 is 7.82 Å². The van der Waals surface area contributed by atoms with Crippen LogP contribution in [0.25, 0.3) is 0 Å². The van der Waals surface area contributed by atoms with Crippen LogP contribution in [0, 0.1) is 78.9 Å². The van der Waals surface area contributed by atoms with Gasteiger partial charge in [-0.05, 0) is 0 Å². The molecule has 0 bridgehead atoms. The molecule has 0 heterocycles. The molecule has 0 aromatic heterocycles. The molecule has 0 fully saturated rings. The Morgan fingerprint density at radius 1 is 1.25 bits per heavy atom. The maximum atomic E-state index is 8.88. The Labute approximate surface area is 109 Å². The van der Waals surface area contributed by atoms with Gasteiger partial charge in [0.05, 0.1) is 0 Å². The first-order valence-electron chi connectivity index (χ1n) is 1.00. The van der Waals surface area contributed by atoms with Crippen LogP contribution in [0.2, 0.25) is 0 Å². The third kappa shape index (κ3) is 61.6. The zero-order valence-electron chi connectivity index (χ0n) is 3.73. The second-order valence-corrected chi connectivity index (χ2v) is 1.54. The van der Waals surface area contributed by atoms with Crippen molar-refractivity contribution in [3.05, 3.63) is 0 Å². The van der Waals surface area contributed by atoms with E-state index in [1.54, 1.807) is 0 Å². The average molecular weight is 415 g/mol. The van der Waals surface area contributed by atoms with E-state index in [1.165, 1.54) is 0 Å². The fraction of sp³-hybridized carbons (Fsp3) is 0. The van der Waals surface area contributed by atoms with Crippen LogP contribution in [0.5, 0.6) is 0 Å². The van der Waals surface area contributed by atoms with Gasteiger partial charge in [0, 0.05) is 41.3 Å². The van der Waals surface area contributed by atoms with Crippen LogP contribution in [0.1, 0.15) is 0 Å². The number of rotatable bonds is 0. The molecule has 0 rings (SSSR count). The molecule has 0 aromatic rings. The standard InChI is InChI=1S/ClH.H3O4P.2Pr/c;1-5(2,3)4;;/h1H;(H3,1,2,3,4);;/q;;;+1/p-1. The van der Waals surface area contributed by atoms with E-state index in [-0.39, 0.29) is 41.3 Å². The summed E-state index contributed by atoms with van der Waals surface area (Å²) in [6.45, 7) is 0. The Morgan fingerprint density at radius 2 is 1.25 bits per heavy atom. The van der Waals surface area contributed by atoms with Crippen LogP contribution in [-0.4, -0.2) is 14.7 Å². The third-order valence-corrected chi connectivity index (χ3v) is 0. The fourth-order valence-electron chi connectivity index (χ4n) is 0. The fourth-order valence-corrected chi connectivity index (χ4v) is 0. The zero-order chi connectivity index (χ0) is 6.50. The largest absolute Gasteiger partial charge is 0 e. The molecular weight excluding hydrogens is 412 g/mol. The molecule has 0 saturated carbocycles. The summed E-state index contributed by atoms with van der Waals surface area (Å²) in [7, 11) is -4.64. The quantitative estimate of drug-likeness (QED) is 0.478. The summed E-state index contributed by atoms with van der Waals surface area (Å²) in [6, 6.07) is 0. The molecule has 0 atom stereocenters. The first kappa shape index (κ1) is 17.3. The first-order valence-corrected chi connectivity index (χ1v) is 7.20. The van der Waals surface area contributed by atoms with Crippen LogP contribution < -0.4 is 0 Å². The SMILES string of the molecule is O=P(O)(O)O.[Cl][Pr].[Pr]. The molecule has 45 valence electrons. The van der Waals surface area contributed by atoms with Crippen LogP contribution in [-0.2, 0) is 4.57 Å². The van der Waals surface area contributed by atoms with Gasteiger partial charge in [-0.25, -0.2) is 4.57 Å². The van der Waals surface area contributed by atoms with Gasteiger partial charge in [0.25, 0.3) is 0 Å². The van der Waals surface area contributed by atoms with Crippen molar-refractivity contribution in [1.29, 1.82) is 0 Å². The van der Waals surface area contributed by atoms with Crippen molar-refractivity contribution in [2.24, 2.45) is 0 Å². The summed E-state index contributed by atoms with van der Waals surface area (Å²) in [5, 5.41) is 0. The van der Waals surface area contributed by atoms with Gasteiger partial charge >= 0.3 is 51.2 Å². The van der Waals surface area contributed by atoms with E-state index >= 15 is 0 Å². The second kappa shape index (κ2) is 10.1. The molecule has 0 aliphatic carbocycles. The minimum atomic E-state index is -4.64. The van der Waals surface area contributed by atoms with Gasteiger partial charge in [-0.2, -0.15) is 0 Å². The molecule has 0 saturated heterocycles. The molecule has 0 aromatic carbocycles. The minimum absolute atomic E-state index is 0. The van der Waals surface area contributed by atoms with Crippen LogP contribution in [0.4, 0.5) is 0 Å². The van der Waals surface area contributed by atoms with E-state index in [0.29, 0.717) is 37.6 Å². The molecule has 0 aliphatic rings. The normalized spacial score (nSPS) is 7.88. The second-order valence-electron chi connectivity index (χ2n) is 0.513. The maximum Gasteiger partial charge on any atom is 0 e. The molecule has 8 heteroatoms. The monoisotopic (exact) mass is 415 g/mol. The van der Waals surface area contributed by atoms with Gasteiger partial charge in [0.15, 0.2) is 0 Å². The van der Waals surface area contributed by atoms with E-state index in [2.05, 4.69) is 0 Å². The van der Waals surface area contributed by atoms with Crippen molar-refractivity contribution >= 4 is 13.5 Å². The van der Waals surface area contributed by atoms with E-state index in [9.17, 15) is 0 Å². The molecule has 8 heavy (non-hydrogen) atoms. The molecule has 3 N–H and O–H groups in total. The molecule has 0 spiro atoms. The Hall–Kier alpha value is 3.13. The van der Waals surface area contributed by atoms with Gasteiger partial charge in [-0.15, -0.1) is 0 Å². The Bertz CT molecular complexity index is 60.2. The van der Waals surface area contributed by atoms with Crippen LogP contribution >= 0.6 is 13.5 Å². The summed E-state index contributed by atoms with van der Waals surface area (Å²) in [4.78, 5) is 21.6. The molecular formula is H3ClO4PPr2. The topological polar surface area (TPSA) is 77.8 Å². The van der Waals surface area contributed by atoms with E-state index in [0.717, 1.165) is 0 Å². The van der Waals surface area contributed by atoms with Gasteiger partial charge in [0.2, 0.25) is 0 Å². The van der Waals surface area contributed by atoms with Crippen molar-refractivity contribution in [2.75, 3.05) is 0 Å².